The summed E-state index contributed by atoms with van der Waals surface area (Å²) in [5.74, 6) is 2.57. The fraction of sp³-hybridized carbons (Fsp3) is 0.333. The summed E-state index contributed by atoms with van der Waals surface area (Å²) >= 11 is 0. The van der Waals surface area contributed by atoms with Crippen molar-refractivity contribution in [2.75, 3.05) is 13.7 Å². The third kappa shape index (κ3) is 4.32. The third-order valence-corrected chi connectivity index (χ3v) is 5.21. The zero-order chi connectivity index (χ0) is 20.9. The van der Waals surface area contributed by atoms with Crippen LogP contribution in [0.1, 0.15) is 30.5 Å². The number of aliphatic imine (C=N–C) groups is 1. The molecular formula is C24H28N4O2. The molecule has 4 rings (SSSR count). The molecule has 2 heterocycles. The highest BCUT2D eigenvalue weighted by Gasteiger charge is 2.22. The lowest BCUT2D eigenvalue weighted by atomic mass is 10.1. The Morgan fingerprint density at radius 3 is 2.77 bits per heavy atom. The van der Waals surface area contributed by atoms with Crippen LogP contribution < -0.4 is 20.1 Å². The van der Waals surface area contributed by atoms with Gasteiger partial charge in [-0.25, -0.2) is 0 Å². The Hall–Kier alpha value is -3.28. The monoisotopic (exact) mass is 404 g/mol. The van der Waals surface area contributed by atoms with E-state index in [2.05, 4.69) is 63.9 Å². The number of hydrogen-bond donors (Lipinski definition) is 2. The van der Waals surface area contributed by atoms with E-state index in [1.165, 1.54) is 5.56 Å². The van der Waals surface area contributed by atoms with Gasteiger partial charge in [0.15, 0.2) is 5.96 Å². The Morgan fingerprint density at radius 2 is 1.97 bits per heavy atom. The second-order valence-corrected chi connectivity index (χ2v) is 7.40. The van der Waals surface area contributed by atoms with Crippen LogP contribution in [-0.4, -0.2) is 30.7 Å². The molecule has 0 saturated heterocycles. The molecule has 0 radical (unpaired) electrons. The van der Waals surface area contributed by atoms with Gasteiger partial charge in [-0.05, 0) is 37.6 Å². The van der Waals surface area contributed by atoms with Crippen LogP contribution in [0.5, 0.6) is 11.5 Å². The van der Waals surface area contributed by atoms with E-state index >= 15 is 0 Å². The molecule has 1 atom stereocenters. The second-order valence-electron chi connectivity index (χ2n) is 7.40. The molecule has 6 heteroatoms. The number of benzene rings is 2. The molecule has 0 saturated carbocycles. The first-order valence-electron chi connectivity index (χ1n) is 10.4. The van der Waals surface area contributed by atoms with E-state index in [1.807, 2.05) is 19.2 Å². The van der Waals surface area contributed by atoms with Gasteiger partial charge in [-0.2, -0.15) is 0 Å². The van der Waals surface area contributed by atoms with E-state index in [4.69, 9.17) is 9.47 Å². The smallest absolute Gasteiger partial charge is 0.191 e. The van der Waals surface area contributed by atoms with Gasteiger partial charge < -0.3 is 20.1 Å². The molecule has 3 aromatic rings. The quantitative estimate of drug-likeness (QED) is 0.483. The number of nitrogens with zero attached hydrogens (tertiary/aromatic N) is 2. The molecule has 0 spiro atoms. The molecule has 1 unspecified atom stereocenters. The molecule has 2 N–H and O–H groups in total. The predicted molar refractivity (Wildman–Crippen MR) is 120 cm³/mol. The van der Waals surface area contributed by atoms with Crippen molar-refractivity contribution >= 4 is 16.9 Å². The van der Waals surface area contributed by atoms with Gasteiger partial charge in [0, 0.05) is 49.3 Å². The summed E-state index contributed by atoms with van der Waals surface area (Å²) in [6.07, 6.45) is 2.96. The van der Waals surface area contributed by atoms with Crippen LogP contribution in [0.4, 0.5) is 0 Å². The average molecular weight is 405 g/mol. The van der Waals surface area contributed by atoms with Crippen LogP contribution in [0.15, 0.2) is 53.7 Å². The number of para-hydroxylation sites is 1. The summed E-state index contributed by atoms with van der Waals surface area (Å²) in [5.41, 5.74) is 4.40. The Morgan fingerprint density at radius 1 is 1.17 bits per heavy atom. The van der Waals surface area contributed by atoms with Gasteiger partial charge >= 0.3 is 0 Å². The largest absolute Gasteiger partial charge is 0.494 e. The molecule has 6 nitrogen and oxygen atoms in total. The number of nitrogens with one attached hydrogen (secondary N) is 2. The van der Waals surface area contributed by atoms with E-state index in [0.717, 1.165) is 45.9 Å². The maximum absolute atomic E-state index is 5.92. The van der Waals surface area contributed by atoms with Gasteiger partial charge in [0.2, 0.25) is 0 Å². The Kier molecular flexibility index (Phi) is 6.02. The summed E-state index contributed by atoms with van der Waals surface area (Å²) in [6.45, 7) is 5.95. The average Bonchev–Trinajstić information content (AvgIpc) is 3.12. The van der Waals surface area contributed by atoms with Crippen LogP contribution in [0.25, 0.3) is 10.9 Å². The predicted octanol–water partition coefficient (Wildman–Crippen LogP) is 3.82. The lowest BCUT2D eigenvalue weighted by Crippen LogP contribution is -2.36. The van der Waals surface area contributed by atoms with Crippen LogP contribution >= 0.6 is 0 Å². The van der Waals surface area contributed by atoms with Gasteiger partial charge in [0.1, 0.15) is 17.6 Å². The van der Waals surface area contributed by atoms with Crippen molar-refractivity contribution in [2.24, 2.45) is 4.99 Å². The Balaban J connectivity index is 1.44. The van der Waals surface area contributed by atoms with Crippen LogP contribution in [-0.2, 0) is 19.5 Å². The zero-order valence-corrected chi connectivity index (χ0v) is 17.7. The molecule has 30 heavy (non-hydrogen) atoms. The van der Waals surface area contributed by atoms with E-state index in [1.54, 1.807) is 7.05 Å². The minimum atomic E-state index is 0.210. The van der Waals surface area contributed by atoms with Crippen molar-refractivity contribution in [3.63, 3.8) is 0 Å². The number of fused-ring (bicyclic) bond motifs is 2. The second kappa shape index (κ2) is 9.03. The lowest BCUT2D eigenvalue weighted by molar-refractivity contribution is 0.254. The molecule has 1 aliphatic heterocycles. The molecule has 2 aromatic carbocycles. The van der Waals surface area contributed by atoms with E-state index < -0.39 is 0 Å². The first kappa shape index (κ1) is 20.0. The number of guanidine groups is 1. The van der Waals surface area contributed by atoms with Crippen molar-refractivity contribution in [3.8, 4) is 11.5 Å². The lowest BCUT2D eigenvalue weighted by Gasteiger charge is -2.16. The maximum atomic E-state index is 5.92. The van der Waals surface area contributed by atoms with E-state index in [0.29, 0.717) is 19.7 Å². The highest BCUT2D eigenvalue weighted by molar-refractivity contribution is 5.83. The third-order valence-electron chi connectivity index (χ3n) is 5.21. The first-order valence-corrected chi connectivity index (χ1v) is 10.4. The van der Waals surface area contributed by atoms with Gasteiger partial charge in [0.25, 0.3) is 0 Å². The van der Waals surface area contributed by atoms with Crippen molar-refractivity contribution < 1.29 is 9.47 Å². The highest BCUT2D eigenvalue weighted by atomic mass is 16.5. The van der Waals surface area contributed by atoms with E-state index in [9.17, 15) is 0 Å². The van der Waals surface area contributed by atoms with Crippen LogP contribution in [0.2, 0.25) is 0 Å². The molecular weight excluding hydrogens is 376 g/mol. The van der Waals surface area contributed by atoms with Gasteiger partial charge in [-0.1, -0.05) is 24.3 Å². The van der Waals surface area contributed by atoms with Crippen LogP contribution in [0, 0.1) is 0 Å². The molecule has 0 amide bonds. The van der Waals surface area contributed by atoms with Crippen molar-refractivity contribution in [1.82, 2.24) is 15.6 Å². The molecule has 0 aliphatic carbocycles. The highest BCUT2D eigenvalue weighted by Crippen LogP contribution is 2.35. The molecule has 0 fully saturated rings. The number of hydrogen-bond acceptors (Lipinski definition) is 4. The van der Waals surface area contributed by atoms with Gasteiger partial charge in [0.05, 0.1) is 12.1 Å². The standard InChI is InChI=1S/C24H28N4O2/c1-4-29-21-12-19-11-16(2)30-22(19)13-20(21)15-28-24(25-3)27-14-18-8-5-7-17-9-6-10-26-23(17)18/h5-10,12-13,16H,4,11,14-15H2,1-3H3,(H2,25,27,28). The van der Waals surface area contributed by atoms with Gasteiger partial charge in [-0.3, -0.25) is 9.98 Å². The summed E-state index contributed by atoms with van der Waals surface area (Å²) < 4.78 is 11.8. The molecule has 0 bridgehead atoms. The van der Waals surface area contributed by atoms with E-state index in [-0.39, 0.29) is 6.10 Å². The first-order chi connectivity index (χ1) is 14.7. The summed E-state index contributed by atoms with van der Waals surface area (Å²) in [5, 5.41) is 7.91. The summed E-state index contributed by atoms with van der Waals surface area (Å²) in [7, 11) is 1.77. The number of rotatable bonds is 6. The van der Waals surface area contributed by atoms with Crippen molar-refractivity contribution in [2.45, 2.75) is 39.5 Å². The van der Waals surface area contributed by atoms with Crippen molar-refractivity contribution in [1.29, 1.82) is 0 Å². The van der Waals surface area contributed by atoms with Gasteiger partial charge in [-0.15, -0.1) is 0 Å². The Bertz CT molecular complexity index is 1060. The SMILES string of the molecule is CCOc1cc2c(cc1CNC(=NC)NCc1cccc3cccnc13)OC(C)C2. The maximum Gasteiger partial charge on any atom is 0.191 e. The van der Waals surface area contributed by atoms with Crippen molar-refractivity contribution in [3.05, 3.63) is 65.4 Å². The minimum Gasteiger partial charge on any atom is -0.494 e. The normalized spacial score (nSPS) is 15.6. The summed E-state index contributed by atoms with van der Waals surface area (Å²) in [6, 6.07) is 14.4. The minimum absolute atomic E-state index is 0.210. The fourth-order valence-electron chi connectivity index (χ4n) is 3.80. The topological polar surface area (TPSA) is 67.8 Å². The molecule has 156 valence electrons. The molecule has 1 aromatic heterocycles. The van der Waals surface area contributed by atoms with Crippen LogP contribution in [0.3, 0.4) is 0 Å². The zero-order valence-electron chi connectivity index (χ0n) is 17.7. The fourth-order valence-corrected chi connectivity index (χ4v) is 3.80. The number of aromatic nitrogens is 1. The number of pyridine rings is 1. The Labute approximate surface area is 177 Å². The number of ether oxygens (including phenoxy) is 2. The summed E-state index contributed by atoms with van der Waals surface area (Å²) in [4.78, 5) is 8.88. The molecule has 1 aliphatic rings.